The second-order valence-corrected chi connectivity index (χ2v) is 8.95. The van der Waals surface area contributed by atoms with Gasteiger partial charge in [0.05, 0.1) is 10.5 Å². The van der Waals surface area contributed by atoms with Crippen LogP contribution >= 0.6 is 0 Å². The molecule has 0 radical (unpaired) electrons. The first kappa shape index (κ1) is 21.5. The average Bonchev–Trinajstić information content (AvgIpc) is 3.04. The Morgan fingerprint density at radius 1 is 0.968 bits per heavy atom. The molecule has 0 spiro atoms. The standard InChI is InChI=1S/C23H30N4O4/c1-24-14-12-17(13-15-24)25(2)21-20(16-8-10-19(11-9-16)27(30)31)22(28)26(23(21)29)18-6-4-3-5-7-18/h8-11,17-18H,3-7,12-15H2,1-2H3. The van der Waals surface area contributed by atoms with Gasteiger partial charge >= 0.3 is 0 Å². The number of nitrogens with zero attached hydrogens (tertiary/aromatic N) is 4. The maximum atomic E-state index is 13.6. The molecule has 0 aromatic heterocycles. The van der Waals surface area contributed by atoms with Gasteiger partial charge in [-0.05, 0) is 63.5 Å². The van der Waals surface area contributed by atoms with Crippen molar-refractivity contribution in [1.29, 1.82) is 0 Å². The van der Waals surface area contributed by atoms with E-state index in [2.05, 4.69) is 11.9 Å². The van der Waals surface area contributed by atoms with Crippen LogP contribution in [0.4, 0.5) is 5.69 Å². The number of imide groups is 1. The lowest BCUT2D eigenvalue weighted by Crippen LogP contribution is -2.46. The van der Waals surface area contributed by atoms with Gasteiger partial charge in [-0.1, -0.05) is 19.3 Å². The summed E-state index contributed by atoms with van der Waals surface area (Å²) in [6.07, 6.45) is 6.72. The molecular formula is C23H30N4O4. The molecule has 31 heavy (non-hydrogen) atoms. The minimum atomic E-state index is -0.459. The van der Waals surface area contributed by atoms with Gasteiger partial charge in [0.25, 0.3) is 17.5 Å². The zero-order chi connectivity index (χ0) is 22.1. The smallest absolute Gasteiger partial charge is 0.278 e. The van der Waals surface area contributed by atoms with Crippen LogP contribution in [0, 0.1) is 10.1 Å². The van der Waals surface area contributed by atoms with Crippen molar-refractivity contribution in [3.8, 4) is 0 Å². The third-order valence-corrected chi connectivity index (χ3v) is 6.99. The van der Waals surface area contributed by atoms with Gasteiger partial charge < -0.3 is 9.80 Å². The zero-order valence-electron chi connectivity index (χ0n) is 18.2. The number of amides is 2. The summed E-state index contributed by atoms with van der Waals surface area (Å²) in [5.41, 5.74) is 1.36. The molecule has 1 saturated heterocycles. The van der Waals surface area contributed by atoms with Crippen molar-refractivity contribution in [2.75, 3.05) is 27.2 Å². The van der Waals surface area contributed by atoms with Gasteiger partial charge in [0.15, 0.2) is 0 Å². The number of non-ortho nitro benzene ring substituents is 1. The summed E-state index contributed by atoms with van der Waals surface area (Å²) < 4.78 is 0. The summed E-state index contributed by atoms with van der Waals surface area (Å²) in [6.45, 7) is 1.90. The number of nitro groups is 1. The molecule has 2 heterocycles. The van der Waals surface area contributed by atoms with Gasteiger partial charge in [0.1, 0.15) is 5.70 Å². The van der Waals surface area contributed by atoms with Crippen LogP contribution in [0.5, 0.6) is 0 Å². The van der Waals surface area contributed by atoms with Crippen LogP contribution in [0.15, 0.2) is 30.0 Å². The Kier molecular flexibility index (Phi) is 6.09. The fourth-order valence-corrected chi connectivity index (χ4v) is 5.11. The number of hydrogen-bond donors (Lipinski definition) is 0. The number of carbonyl (C=O) groups is 2. The van der Waals surface area contributed by atoms with E-state index >= 15 is 0 Å². The third-order valence-electron chi connectivity index (χ3n) is 6.99. The lowest BCUT2D eigenvalue weighted by atomic mass is 9.94. The molecule has 3 aliphatic rings. The molecule has 2 amide bonds. The molecule has 8 heteroatoms. The second kappa shape index (κ2) is 8.78. The molecular weight excluding hydrogens is 396 g/mol. The first-order valence-corrected chi connectivity index (χ1v) is 11.2. The highest BCUT2D eigenvalue weighted by atomic mass is 16.6. The number of piperidine rings is 1. The predicted octanol–water partition coefficient (Wildman–Crippen LogP) is 3.03. The molecule has 0 N–H and O–H groups in total. The quantitative estimate of drug-likeness (QED) is 0.409. The maximum absolute atomic E-state index is 13.6. The fraction of sp³-hybridized carbons (Fsp3) is 0.565. The van der Waals surface area contributed by atoms with Crippen molar-refractivity contribution in [3.63, 3.8) is 0 Å². The highest BCUT2D eigenvalue weighted by Gasteiger charge is 2.45. The minimum Gasteiger partial charge on any atom is -0.366 e. The van der Waals surface area contributed by atoms with Gasteiger partial charge in [-0.15, -0.1) is 0 Å². The van der Waals surface area contributed by atoms with E-state index in [0.717, 1.165) is 58.0 Å². The number of benzene rings is 1. The predicted molar refractivity (Wildman–Crippen MR) is 117 cm³/mol. The maximum Gasteiger partial charge on any atom is 0.278 e. The van der Waals surface area contributed by atoms with E-state index in [-0.39, 0.29) is 29.6 Å². The van der Waals surface area contributed by atoms with E-state index in [1.54, 1.807) is 12.1 Å². The van der Waals surface area contributed by atoms with Gasteiger partial charge in [-0.3, -0.25) is 24.6 Å². The first-order chi connectivity index (χ1) is 14.9. The summed E-state index contributed by atoms with van der Waals surface area (Å²) in [7, 11) is 4.00. The number of rotatable bonds is 5. The van der Waals surface area contributed by atoms with E-state index in [9.17, 15) is 19.7 Å². The number of hydrogen-bond acceptors (Lipinski definition) is 6. The van der Waals surface area contributed by atoms with E-state index in [1.165, 1.54) is 17.0 Å². The van der Waals surface area contributed by atoms with E-state index in [1.807, 2.05) is 11.9 Å². The largest absolute Gasteiger partial charge is 0.366 e. The van der Waals surface area contributed by atoms with Crippen LogP contribution in [0.3, 0.4) is 0 Å². The van der Waals surface area contributed by atoms with E-state index < -0.39 is 4.92 Å². The van der Waals surface area contributed by atoms with Crippen LogP contribution in [-0.2, 0) is 9.59 Å². The monoisotopic (exact) mass is 426 g/mol. The molecule has 2 aliphatic heterocycles. The Bertz CT molecular complexity index is 897. The molecule has 1 saturated carbocycles. The van der Waals surface area contributed by atoms with Gasteiger partial charge in [0.2, 0.25) is 0 Å². The lowest BCUT2D eigenvalue weighted by molar-refractivity contribution is -0.384. The first-order valence-electron chi connectivity index (χ1n) is 11.2. The highest BCUT2D eigenvalue weighted by Crippen LogP contribution is 2.37. The Morgan fingerprint density at radius 2 is 1.58 bits per heavy atom. The summed E-state index contributed by atoms with van der Waals surface area (Å²) in [5.74, 6) is -0.479. The fourth-order valence-electron chi connectivity index (χ4n) is 5.11. The van der Waals surface area contributed by atoms with Gasteiger partial charge in [-0.25, -0.2) is 0 Å². The number of likely N-dealkylation sites (tertiary alicyclic amines) is 1. The van der Waals surface area contributed by atoms with Crippen LogP contribution in [0.1, 0.15) is 50.5 Å². The molecule has 2 fully saturated rings. The number of carbonyl (C=O) groups excluding carboxylic acids is 2. The molecule has 1 aromatic rings. The van der Waals surface area contributed by atoms with Gasteiger partial charge in [0, 0.05) is 31.3 Å². The van der Waals surface area contributed by atoms with Crippen molar-refractivity contribution >= 4 is 23.1 Å². The molecule has 4 rings (SSSR count). The van der Waals surface area contributed by atoms with E-state index in [4.69, 9.17) is 0 Å². The second-order valence-electron chi connectivity index (χ2n) is 8.95. The summed E-state index contributed by atoms with van der Waals surface area (Å²) in [5, 5.41) is 11.1. The highest BCUT2D eigenvalue weighted by molar-refractivity contribution is 6.35. The molecule has 1 aliphatic carbocycles. The SMILES string of the molecule is CN1CCC(N(C)C2=C(c3ccc([N+](=O)[O-])cc3)C(=O)N(C3CCCCC3)C2=O)CC1. The van der Waals surface area contributed by atoms with Crippen LogP contribution < -0.4 is 0 Å². The molecule has 0 atom stereocenters. The van der Waals surface area contributed by atoms with E-state index in [0.29, 0.717) is 16.8 Å². The van der Waals surface area contributed by atoms with Crippen LogP contribution in [-0.4, -0.2) is 70.7 Å². The summed E-state index contributed by atoms with van der Waals surface area (Å²) in [4.78, 5) is 43.5. The van der Waals surface area contributed by atoms with Crippen molar-refractivity contribution < 1.29 is 14.5 Å². The molecule has 0 bridgehead atoms. The van der Waals surface area contributed by atoms with Gasteiger partial charge in [-0.2, -0.15) is 0 Å². The summed E-state index contributed by atoms with van der Waals surface area (Å²) >= 11 is 0. The Morgan fingerprint density at radius 3 is 2.16 bits per heavy atom. The number of likely N-dealkylation sites (N-methyl/N-ethyl adjacent to an activating group) is 1. The minimum absolute atomic E-state index is 0.0320. The lowest BCUT2D eigenvalue weighted by Gasteiger charge is -2.37. The van der Waals surface area contributed by atoms with Crippen molar-refractivity contribution in [1.82, 2.24) is 14.7 Å². The van der Waals surface area contributed by atoms with Crippen molar-refractivity contribution in [2.24, 2.45) is 0 Å². The molecule has 8 nitrogen and oxygen atoms in total. The van der Waals surface area contributed by atoms with Crippen LogP contribution in [0.25, 0.3) is 5.57 Å². The Labute approximate surface area is 182 Å². The third kappa shape index (κ3) is 4.08. The average molecular weight is 427 g/mol. The Hall–Kier alpha value is -2.74. The normalized spacial score (nSPS) is 21.8. The zero-order valence-corrected chi connectivity index (χ0v) is 18.2. The van der Waals surface area contributed by atoms with Crippen molar-refractivity contribution in [3.05, 3.63) is 45.6 Å². The Balaban J connectivity index is 1.72. The number of nitro benzene ring substituents is 1. The van der Waals surface area contributed by atoms with Crippen molar-refractivity contribution in [2.45, 2.75) is 57.0 Å². The topological polar surface area (TPSA) is 87.0 Å². The summed E-state index contributed by atoms with van der Waals surface area (Å²) in [6, 6.07) is 6.09. The van der Waals surface area contributed by atoms with Crippen LogP contribution in [0.2, 0.25) is 0 Å². The molecule has 1 aromatic carbocycles. The molecule has 166 valence electrons. The molecule has 0 unspecified atom stereocenters.